The van der Waals surface area contributed by atoms with Gasteiger partial charge in [-0.05, 0) is 25.9 Å². The SMILES string of the molecule is COC(=O)CCN(CCC(=O)OC)CCN(CCN(CCC(=O)OC)CCC(=O)OC)CCN(CCCCN(CCN(CCN(CCC(=O)OC)CCC(=O)OC)CCN(CCC(=O)OC)CCC(=O)OC)CCN(CCN(CCC(=O)OC)CCC(=O)OC)CCN(CCC(=O)OC)CCC(=O)OC)CCN(CCN(CCC(=O)OC)CCC(=O)OC)CCN(CCC(=O)OC)CCC(=O)OC. The first-order chi connectivity index (χ1) is 66.3. The lowest BCUT2D eigenvalue weighted by Crippen LogP contribution is -2.47. The Balaban J connectivity index is 9.39. The van der Waals surface area contributed by atoms with Crippen LogP contribution in [-0.4, -0.2) is 553 Å². The Morgan fingerprint density at radius 2 is 0.159 bits per heavy atom. The molecule has 0 saturated heterocycles. The molecule has 46 heteroatoms. The molecule has 0 aliphatic carbocycles. The van der Waals surface area contributed by atoms with Crippen molar-refractivity contribution >= 4 is 95.5 Å². The fourth-order valence-electron chi connectivity index (χ4n) is 14.4. The predicted molar refractivity (Wildman–Crippen MR) is 506 cm³/mol. The van der Waals surface area contributed by atoms with Crippen molar-refractivity contribution in [2.75, 3.05) is 389 Å². The number of hydrogen-bond acceptors (Lipinski definition) is 46. The van der Waals surface area contributed by atoms with Gasteiger partial charge in [0, 0.05) is 262 Å². The molecule has 0 N–H and O–H groups in total. The molecule has 0 aromatic rings. The number of hydrogen-bond donors (Lipinski definition) is 0. The lowest BCUT2D eigenvalue weighted by atomic mass is 10.2. The molecule has 138 heavy (non-hydrogen) atoms. The van der Waals surface area contributed by atoms with Gasteiger partial charge >= 0.3 is 95.5 Å². The van der Waals surface area contributed by atoms with E-state index < -0.39 is 95.5 Å². The maximum absolute atomic E-state index is 12.8. The van der Waals surface area contributed by atoms with Crippen LogP contribution >= 0.6 is 0 Å². The van der Waals surface area contributed by atoms with Crippen LogP contribution < -0.4 is 0 Å². The summed E-state index contributed by atoms with van der Waals surface area (Å²) in [4.78, 5) is 234. The van der Waals surface area contributed by atoms with Gasteiger partial charge in [-0.1, -0.05) is 0 Å². The van der Waals surface area contributed by atoms with Crippen LogP contribution in [-0.2, 0) is 153 Å². The summed E-state index contributed by atoms with van der Waals surface area (Å²) < 4.78 is 80.8. The molecule has 0 saturated carbocycles. The van der Waals surface area contributed by atoms with E-state index in [2.05, 4.69) is 29.4 Å². The first-order valence-electron chi connectivity index (χ1n) is 47.5. The molecule has 0 amide bonds. The van der Waals surface area contributed by atoms with Crippen LogP contribution in [0.2, 0.25) is 0 Å². The molecule has 0 aromatic carbocycles. The van der Waals surface area contributed by atoms with Crippen LogP contribution in [0.3, 0.4) is 0 Å². The van der Waals surface area contributed by atoms with Crippen molar-refractivity contribution in [2.24, 2.45) is 0 Å². The number of nitrogens with zero attached hydrogens (tertiary/aromatic N) is 14. The van der Waals surface area contributed by atoms with E-state index in [0.717, 1.165) is 0 Å². The van der Waals surface area contributed by atoms with Gasteiger partial charge in [-0.3, -0.25) is 96.3 Å². The van der Waals surface area contributed by atoms with Crippen molar-refractivity contribution in [1.82, 2.24) is 68.6 Å². The Bertz CT molecular complexity index is 2640. The van der Waals surface area contributed by atoms with Crippen LogP contribution in [0.4, 0.5) is 0 Å². The standard InChI is InChI=1S/C92H168N14O32/c1-123-77(107)19-37-95(38-20-78(108)124-2)57-69-103(70-58-96(39-21-79(109)125-3)40-22-80(110)126-4)65-53-93(54-66-104(71-59-97(41-23-81(111)127-5)42-24-82(112)128-6)72-60-98(43-25-83(113)129-7)44-26-84(114)130-8)35-17-18-36-94(55-67-105(73-61-99(45-27-85(115)131-9)46-28-86(116)132-10)74-62-100(47-29-87(117)133-11)48-30-88(118)134-12)56-68-106(75-63-101(49-31-89(119)135-13)50-32-90(120)136-14)76-64-102(51-33-91(121)137-15)52-34-92(122)138-16/h17-76H2,1-16H3. The molecule has 0 aromatic heterocycles. The summed E-state index contributed by atoms with van der Waals surface area (Å²) in [5.74, 6) is -7.15. The van der Waals surface area contributed by atoms with Gasteiger partial charge in [0.05, 0.1) is 216 Å². The molecule has 0 radical (unpaired) electrons. The van der Waals surface area contributed by atoms with Gasteiger partial charge in [-0.15, -0.1) is 0 Å². The fraction of sp³-hybridized carbons (Fsp3) is 0.826. The minimum atomic E-state index is -0.447. The minimum Gasteiger partial charge on any atom is -0.469 e. The van der Waals surface area contributed by atoms with E-state index in [0.29, 0.717) is 183 Å². The van der Waals surface area contributed by atoms with Crippen molar-refractivity contribution in [1.29, 1.82) is 0 Å². The molecule has 0 aliphatic heterocycles. The van der Waals surface area contributed by atoms with Crippen molar-refractivity contribution < 1.29 is 153 Å². The van der Waals surface area contributed by atoms with E-state index in [1.54, 1.807) is 0 Å². The van der Waals surface area contributed by atoms with E-state index >= 15 is 0 Å². The molecule has 0 fully saturated rings. The van der Waals surface area contributed by atoms with E-state index in [-0.39, 0.29) is 207 Å². The Morgan fingerprint density at radius 3 is 0.225 bits per heavy atom. The molecule has 0 bridgehead atoms. The number of ether oxygens (including phenoxy) is 16. The van der Waals surface area contributed by atoms with Crippen molar-refractivity contribution in [2.45, 2.75) is 116 Å². The van der Waals surface area contributed by atoms with Gasteiger partial charge in [0.15, 0.2) is 0 Å². The summed E-state index contributed by atoms with van der Waals surface area (Å²) in [6, 6.07) is 0. The predicted octanol–water partition coefficient (Wildman–Crippen LogP) is -0.996. The van der Waals surface area contributed by atoms with Gasteiger partial charge in [0.25, 0.3) is 0 Å². The van der Waals surface area contributed by atoms with Gasteiger partial charge in [-0.25, -0.2) is 0 Å². The first kappa shape index (κ1) is 129. The zero-order chi connectivity index (χ0) is 103. The van der Waals surface area contributed by atoms with Crippen LogP contribution in [0.5, 0.6) is 0 Å². The van der Waals surface area contributed by atoms with E-state index in [1.807, 2.05) is 39.2 Å². The molecule has 0 spiro atoms. The highest BCUT2D eigenvalue weighted by molar-refractivity contribution is 5.74. The van der Waals surface area contributed by atoms with Gasteiger partial charge in [-0.2, -0.15) is 0 Å². The summed E-state index contributed by atoms with van der Waals surface area (Å²) in [5.41, 5.74) is 0. The number of rotatable bonds is 89. The Labute approximate surface area is 817 Å². The topological polar surface area (TPSA) is 466 Å². The largest absolute Gasteiger partial charge is 0.469 e. The van der Waals surface area contributed by atoms with Gasteiger partial charge < -0.3 is 125 Å². The first-order valence-corrected chi connectivity index (χ1v) is 47.5. The van der Waals surface area contributed by atoms with E-state index in [1.165, 1.54) is 114 Å². The Kier molecular flexibility index (Phi) is 78.2. The smallest absolute Gasteiger partial charge is 0.306 e. The average molecular weight is 1980 g/mol. The molecule has 46 nitrogen and oxygen atoms in total. The number of carbonyl (C=O) groups is 16. The Morgan fingerprint density at radius 1 is 0.101 bits per heavy atom. The summed E-state index contributed by atoms with van der Waals surface area (Å²) in [6.07, 6.45) is 1.66. The molecule has 0 atom stereocenters. The van der Waals surface area contributed by atoms with Crippen LogP contribution in [0.15, 0.2) is 0 Å². The van der Waals surface area contributed by atoms with E-state index in [4.69, 9.17) is 75.8 Å². The van der Waals surface area contributed by atoms with Crippen molar-refractivity contribution in [3.8, 4) is 0 Å². The Hall–Kier alpha value is -9.04. The number of unbranched alkanes of at least 4 members (excludes halogenated alkanes) is 1. The highest BCUT2D eigenvalue weighted by Crippen LogP contribution is 2.13. The fourth-order valence-corrected chi connectivity index (χ4v) is 14.4. The lowest BCUT2D eigenvalue weighted by molar-refractivity contribution is -0.143. The normalized spacial score (nSPS) is 11.6. The second-order valence-corrected chi connectivity index (χ2v) is 32.7. The van der Waals surface area contributed by atoms with Gasteiger partial charge in [0.1, 0.15) is 0 Å². The summed E-state index contributed by atoms with van der Waals surface area (Å²) in [6.45, 7) is 14.8. The monoisotopic (exact) mass is 1980 g/mol. The molecule has 798 valence electrons. The number of methoxy groups -OCH3 is 16. The third-order valence-electron chi connectivity index (χ3n) is 23.7. The van der Waals surface area contributed by atoms with E-state index in [9.17, 15) is 76.7 Å². The summed E-state index contributed by atoms with van der Waals surface area (Å²) in [5, 5.41) is 0. The second kappa shape index (κ2) is 83.7. The van der Waals surface area contributed by atoms with Crippen LogP contribution in [0, 0.1) is 0 Å². The molecule has 0 heterocycles. The quantitative estimate of drug-likeness (QED) is 0.0400. The maximum Gasteiger partial charge on any atom is 0.306 e. The van der Waals surface area contributed by atoms with Crippen molar-refractivity contribution in [3.63, 3.8) is 0 Å². The molecular weight excluding hydrogens is 1810 g/mol. The van der Waals surface area contributed by atoms with Crippen LogP contribution in [0.25, 0.3) is 0 Å². The van der Waals surface area contributed by atoms with Gasteiger partial charge in [0.2, 0.25) is 0 Å². The minimum absolute atomic E-state index is 0.0281. The molecule has 0 unspecified atom stereocenters. The highest BCUT2D eigenvalue weighted by Gasteiger charge is 2.26. The third-order valence-corrected chi connectivity index (χ3v) is 23.7. The number of carbonyl (C=O) groups excluding carboxylic acids is 16. The molecule has 0 rings (SSSR count). The summed E-state index contributed by atoms with van der Waals surface area (Å²) in [7, 11) is 20.8. The highest BCUT2D eigenvalue weighted by atomic mass is 16.6. The maximum atomic E-state index is 12.8. The average Bonchev–Trinajstić information content (AvgIpc) is 0.914. The number of esters is 16. The zero-order valence-electron chi connectivity index (χ0n) is 85.8. The lowest BCUT2D eigenvalue weighted by Gasteiger charge is -2.34. The zero-order valence-corrected chi connectivity index (χ0v) is 85.8. The summed E-state index contributed by atoms with van der Waals surface area (Å²) >= 11 is 0. The second-order valence-electron chi connectivity index (χ2n) is 32.7. The molecular formula is C92H168N14O32. The molecule has 0 aliphatic rings. The van der Waals surface area contributed by atoms with Crippen molar-refractivity contribution in [3.05, 3.63) is 0 Å². The third kappa shape index (κ3) is 69.7. The van der Waals surface area contributed by atoms with Crippen LogP contribution in [0.1, 0.15) is 116 Å².